The van der Waals surface area contributed by atoms with E-state index in [1.165, 1.54) is 0 Å². The van der Waals surface area contributed by atoms with Gasteiger partial charge in [-0.15, -0.1) is 0 Å². The zero-order valence-corrected chi connectivity index (χ0v) is 11.6. The molecule has 0 aromatic heterocycles. The van der Waals surface area contributed by atoms with Crippen LogP contribution >= 0.6 is 11.6 Å². The molecule has 20 heavy (non-hydrogen) atoms. The first-order valence-electron chi connectivity index (χ1n) is 5.76. The molecule has 1 aromatic carbocycles. The quantitative estimate of drug-likeness (QED) is 0.642. The third-order valence-corrected chi connectivity index (χ3v) is 2.51. The Bertz CT molecular complexity index is 578. The summed E-state index contributed by atoms with van der Waals surface area (Å²) in [6, 6.07) is 8.56. The first-order valence-corrected chi connectivity index (χ1v) is 6.14. The number of nitrogens with one attached hydrogen (secondary N) is 2. The SMILES string of the molecule is C/C(CC(=O)Nc1ccccc1Cl)=N\NC(=O)CC#N. The van der Waals surface area contributed by atoms with Gasteiger partial charge in [0.05, 0.1) is 23.2 Å². The predicted molar refractivity (Wildman–Crippen MR) is 76.2 cm³/mol. The standard InChI is InChI=1S/C13H13ClN4O2/c1-9(17-18-12(19)6-7-15)8-13(20)16-11-5-3-2-4-10(11)14/h2-5H,6,8H2,1H3,(H,16,20)(H,18,19)/b17-9+. The van der Waals surface area contributed by atoms with E-state index in [4.69, 9.17) is 16.9 Å². The molecule has 2 amide bonds. The monoisotopic (exact) mass is 292 g/mol. The molecular formula is C13H13ClN4O2. The number of carbonyl (C=O) groups excluding carboxylic acids is 2. The van der Waals surface area contributed by atoms with Gasteiger partial charge in [-0.1, -0.05) is 23.7 Å². The van der Waals surface area contributed by atoms with Gasteiger partial charge >= 0.3 is 0 Å². The number of carbonyl (C=O) groups is 2. The first kappa shape index (κ1) is 15.7. The first-order chi connectivity index (χ1) is 9.52. The minimum absolute atomic E-state index is 0.0120. The van der Waals surface area contributed by atoms with E-state index < -0.39 is 5.91 Å². The van der Waals surface area contributed by atoms with Crippen molar-refractivity contribution < 1.29 is 9.59 Å². The van der Waals surface area contributed by atoms with Crippen LogP contribution in [0.1, 0.15) is 19.8 Å². The van der Waals surface area contributed by atoms with Gasteiger partial charge in [-0.3, -0.25) is 9.59 Å². The van der Waals surface area contributed by atoms with Crippen LogP contribution in [0.5, 0.6) is 0 Å². The molecular weight excluding hydrogens is 280 g/mol. The van der Waals surface area contributed by atoms with Crippen LogP contribution in [0.4, 0.5) is 5.69 Å². The fraction of sp³-hybridized carbons (Fsp3) is 0.231. The summed E-state index contributed by atoms with van der Waals surface area (Å²) in [4.78, 5) is 22.7. The molecule has 0 atom stereocenters. The Hall–Kier alpha value is -2.39. The van der Waals surface area contributed by atoms with Gasteiger partial charge < -0.3 is 5.32 Å². The molecule has 0 saturated carbocycles. The van der Waals surface area contributed by atoms with Crippen LogP contribution in [0, 0.1) is 11.3 Å². The molecule has 0 aliphatic carbocycles. The van der Waals surface area contributed by atoms with E-state index in [1.54, 1.807) is 37.3 Å². The Morgan fingerprint density at radius 3 is 2.70 bits per heavy atom. The third-order valence-electron chi connectivity index (χ3n) is 2.18. The van der Waals surface area contributed by atoms with E-state index >= 15 is 0 Å². The number of hydrogen-bond acceptors (Lipinski definition) is 4. The predicted octanol–water partition coefficient (Wildman–Crippen LogP) is 2.07. The Balaban J connectivity index is 2.50. The zero-order valence-electron chi connectivity index (χ0n) is 10.8. The molecule has 0 saturated heterocycles. The van der Waals surface area contributed by atoms with Gasteiger partial charge in [-0.2, -0.15) is 10.4 Å². The van der Waals surface area contributed by atoms with Crippen molar-refractivity contribution in [1.29, 1.82) is 5.26 Å². The fourth-order valence-corrected chi connectivity index (χ4v) is 1.48. The summed E-state index contributed by atoms with van der Waals surface area (Å²) in [7, 11) is 0. The highest BCUT2D eigenvalue weighted by molar-refractivity contribution is 6.33. The molecule has 0 heterocycles. The van der Waals surface area contributed by atoms with E-state index in [0.717, 1.165) is 0 Å². The fourth-order valence-electron chi connectivity index (χ4n) is 1.30. The Kier molecular flexibility index (Phi) is 6.20. The van der Waals surface area contributed by atoms with Crippen LogP contribution in [0.3, 0.4) is 0 Å². The summed E-state index contributed by atoms with van der Waals surface area (Å²) in [5, 5.41) is 15.1. The van der Waals surface area contributed by atoms with Crippen molar-refractivity contribution in [3.63, 3.8) is 0 Å². The molecule has 6 nitrogen and oxygen atoms in total. The van der Waals surface area contributed by atoms with Crippen molar-refractivity contribution >= 4 is 34.8 Å². The van der Waals surface area contributed by atoms with Gasteiger partial charge in [0.15, 0.2) is 0 Å². The molecule has 1 aromatic rings. The number of para-hydroxylation sites is 1. The number of nitriles is 1. The zero-order chi connectivity index (χ0) is 15.0. The lowest BCUT2D eigenvalue weighted by Crippen LogP contribution is -2.21. The Morgan fingerprint density at radius 1 is 1.35 bits per heavy atom. The van der Waals surface area contributed by atoms with Crippen molar-refractivity contribution in [3.8, 4) is 6.07 Å². The van der Waals surface area contributed by atoms with Crippen LogP contribution in [-0.2, 0) is 9.59 Å². The largest absolute Gasteiger partial charge is 0.324 e. The molecule has 0 fully saturated rings. The summed E-state index contributed by atoms with van der Waals surface area (Å²) < 4.78 is 0. The summed E-state index contributed by atoms with van der Waals surface area (Å²) in [5.41, 5.74) is 3.12. The molecule has 1 rings (SSSR count). The number of nitrogens with zero attached hydrogens (tertiary/aromatic N) is 2. The number of halogens is 1. The van der Waals surface area contributed by atoms with Crippen LogP contribution in [0.2, 0.25) is 5.02 Å². The Morgan fingerprint density at radius 2 is 2.05 bits per heavy atom. The average Bonchev–Trinajstić information content (AvgIpc) is 2.39. The number of anilines is 1. The number of benzene rings is 1. The number of hydrogen-bond donors (Lipinski definition) is 2. The lowest BCUT2D eigenvalue weighted by Gasteiger charge is -2.06. The van der Waals surface area contributed by atoms with Gasteiger partial charge in [-0.25, -0.2) is 5.43 Å². The second-order valence-electron chi connectivity index (χ2n) is 3.92. The van der Waals surface area contributed by atoms with Crippen LogP contribution in [0.25, 0.3) is 0 Å². The van der Waals surface area contributed by atoms with Crippen molar-refractivity contribution in [2.24, 2.45) is 5.10 Å². The molecule has 0 spiro atoms. The normalized spacial score (nSPS) is 10.6. The van der Waals surface area contributed by atoms with Crippen molar-refractivity contribution in [2.45, 2.75) is 19.8 Å². The molecule has 0 bridgehead atoms. The number of amides is 2. The molecule has 0 aliphatic heterocycles. The highest BCUT2D eigenvalue weighted by Crippen LogP contribution is 2.20. The average molecular weight is 293 g/mol. The van der Waals surface area contributed by atoms with Gasteiger partial charge in [0.1, 0.15) is 6.42 Å². The minimum Gasteiger partial charge on any atom is -0.324 e. The summed E-state index contributed by atoms with van der Waals surface area (Å²) in [6.45, 7) is 1.60. The smallest absolute Gasteiger partial charge is 0.254 e. The topological polar surface area (TPSA) is 94.3 Å². The maximum atomic E-state index is 11.7. The van der Waals surface area contributed by atoms with Crippen LogP contribution in [0.15, 0.2) is 29.4 Å². The molecule has 2 N–H and O–H groups in total. The van der Waals surface area contributed by atoms with Gasteiger partial charge in [0.25, 0.3) is 5.91 Å². The Labute approximate surface area is 121 Å². The van der Waals surface area contributed by atoms with Gasteiger partial charge in [-0.05, 0) is 19.1 Å². The third kappa shape index (κ3) is 5.50. The minimum atomic E-state index is -0.515. The second kappa shape index (κ2) is 7.92. The maximum absolute atomic E-state index is 11.7. The molecule has 104 valence electrons. The van der Waals surface area contributed by atoms with Gasteiger partial charge in [0, 0.05) is 5.71 Å². The van der Waals surface area contributed by atoms with Crippen molar-refractivity contribution in [1.82, 2.24) is 5.43 Å². The van der Waals surface area contributed by atoms with E-state index in [9.17, 15) is 9.59 Å². The number of rotatable bonds is 5. The summed E-state index contributed by atoms with van der Waals surface area (Å²) in [5.74, 6) is -0.813. The van der Waals surface area contributed by atoms with Crippen LogP contribution in [-0.4, -0.2) is 17.5 Å². The lowest BCUT2D eigenvalue weighted by atomic mass is 10.2. The van der Waals surface area contributed by atoms with Crippen LogP contribution < -0.4 is 10.7 Å². The highest BCUT2D eigenvalue weighted by Gasteiger charge is 2.07. The molecule has 0 unspecified atom stereocenters. The number of hydrazone groups is 1. The summed E-state index contributed by atoms with van der Waals surface area (Å²) >= 11 is 5.91. The lowest BCUT2D eigenvalue weighted by molar-refractivity contribution is -0.120. The molecule has 7 heteroatoms. The van der Waals surface area contributed by atoms with Gasteiger partial charge in [0.2, 0.25) is 5.91 Å². The summed E-state index contributed by atoms with van der Waals surface area (Å²) in [6.07, 6.45) is -0.263. The highest BCUT2D eigenvalue weighted by atomic mass is 35.5. The van der Waals surface area contributed by atoms with Crippen molar-refractivity contribution in [2.75, 3.05) is 5.32 Å². The van der Waals surface area contributed by atoms with E-state index in [1.807, 2.05) is 0 Å². The van der Waals surface area contributed by atoms with E-state index in [-0.39, 0.29) is 18.7 Å². The maximum Gasteiger partial charge on any atom is 0.254 e. The molecule has 0 aliphatic rings. The van der Waals surface area contributed by atoms with E-state index in [0.29, 0.717) is 16.4 Å². The molecule has 0 radical (unpaired) electrons. The van der Waals surface area contributed by atoms with Crippen molar-refractivity contribution in [3.05, 3.63) is 29.3 Å². The van der Waals surface area contributed by atoms with E-state index in [2.05, 4.69) is 15.8 Å². The second-order valence-corrected chi connectivity index (χ2v) is 4.33.